The summed E-state index contributed by atoms with van der Waals surface area (Å²) in [4.78, 5) is 4.33. The van der Waals surface area contributed by atoms with E-state index in [0.29, 0.717) is 5.82 Å². The van der Waals surface area contributed by atoms with Crippen LogP contribution < -0.4 is 5.32 Å². The Hall–Kier alpha value is -2.89. The third-order valence-corrected chi connectivity index (χ3v) is 3.66. The molecule has 0 aliphatic heterocycles. The van der Waals surface area contributed by atoms with Crippen LogP contribution in [0.2, 0.25) is 0 Å². The molecule has 0 atom stereocenters. The predicted molar refractivity (Wildman–Crippen MR) is 87.3 cm³/mol. The van der Waals surface area contributed by atoms with Crippen LogP contribution in [0.3, 0.4) is 0 Å². The first kappa shape index (κ1) is 10.8. The highest BCUT2D eigenvalue weighted by Crippen LogP contribution is 2.26. The Kier molecular flexibility index (Phi) is 2.37. The van der Waals surface area contributed by atoms with Crippen molar-refractivity contribution in [2.45, 2.75) is 20.3 Å². The predicted octanol–water partition coefficient (Wildman–Crippen LogP) is 3.38. The van der Waals surface area contributed by atoms with Crippen LogP contribution >= 0.6 is 0 Å². The molecule has 6 nitrogen and oxygen atoms in total. The summed E-state index contributed by atoms with van der Waals surface area (Å²) in [5.41, 5.74) is 4.03. The van der Waals surface area contributed by atoms with Gasteiger partial charge in [0.25, 0.3) is 0 Å². The fourth-order valence-corrected chi connectivity index (χ4v) is 2.59. The molecule has 2 N–H and O–H groups in total. The number of rotatable bonds is 3. The molecule has 1 aromatic carbocycles. The van der Waals surface area contributed by atoms with E-state index in [1.807, 2.05) is 37.3 Å². The highest BCUT2D eigenvalue weighted by Gasteiger charge is 2.10. The summed E-state index contributed by atoms with van der Waals surface area (Å²) in [7, 11) is 0. The molecule has 6 heteroatoms. The number of anilines is 2. The number of hydrogen-bond acceptors (Lipinski definition) is 4. The van der Waals surface area contributed by atoms with Crippen LogP contribution in [0.4, 0.5) is 11.5 Å². The van der Waals surface area contributed by atoms with Gasteiger partial charge < -0.3 is 5.32 Å². The summed E-state index contributed by atoms with van der Waals surface area (Å²) in [5.74, 6) is 0.654. The zero-order valence-corrected chi connectivity index (χ0v) is 12.3. The average molecular weight is 294 g/mol. The lowest BCUT2D eigenvalue weighted by Crippen LogP contribution is -1.96. The van der Waals surface area contributed by atoms with Crippen molar-refractivity contribution in [1.82, 2.24) is 25.0 Å². The maximum absolute atomic E-state index is 7.90. The molecule has 0 aliphatic carbocycles. The van der Waals surface area contributed by atoms with Gasteiger partial charge in [0.15, 0.2) is 5.82 Å². The number of aromatic amines is 1. The highest BCUT2D eigenvalue weighted by molar-refractivity contribution is 5.90. The molecule has 0 fully saturated rings. The Morgan fingerprint density at radius 1 is 1.36 bits per heavy atom. The monoisotopic (exact) mass is 294 g/mol. The van der Waals surface area contributed by atoms with Crippen molar-refractivity contribution in [3.05, 3.63) is 42.2 Å². The van der Waals surface area contributed by atoms with Gasteiger partial charge in [-0.2, -0.15) is 10.2 Å². The molecule has 0 saturated carbocycles. The van der Waals surface area contributed by atoms with E-state index < -0.39 is 6.50 Å². The summed E-state index contributed by atoms with van der Waals surface area (Å²) in [5, 5.41) is 15.7. The number of nitrogens with one attached hydrogen (secondary N) is 2. The van der Waals surface area contributed by atoms with Gasteiger partial charge in [0.05, 0.1) is 19.5 Å². The Labute approximate surface area is 130 Å². The van der Waals surface area contributed by atoms with Crippen molar-refractivity contribution >= 4 is 33.4 Å². The maximum Gasteiger partial charge on any atom is 0.178 e. The molecule has 110 valence electrons. The van der Waals surface area contributed by atoms with Gasteiger partial charge in [0, 0.05) is 23.8 Å². The first-order valence-electron chi connectivity index (χ1n) is 7.99. The number of nitrogens with zero attached hydrogens (tertiary/aromatic N) is 4. The van der Waals surface area contributed by atoms with Crippen LogP contribution in [-0.2, 0) is 6.50 Å². The molecule has 0 aliphatic rings. The van der Waals surface area contributed by atoms with E-state index >= 15 is 0 Å². The molecule has 0 radical (unpaired) electrons. The largest absolute Gasteiger partial charge is 0.337 e. The fourth-order valence-electron chi connectivity index (χ4n) is 2.59. The maximum atomic E-state index is 7.90. The van der Waals surface area contributed by atoms with Gasteiger partial charge in [-0.05, 0) is 44.2 Å². The van der Waals surface area contributed by atoms with E-state index in [2.05, 4.69) is 25.6 Å². The molecule has 0 saturated heterocycles. The number of aromatic nitrogens is 5. The van der Waals surface area contributed by atoms with Crippen molar-refractivity contribution in [1.29, 1.82) is 0 Å². The minimum absolute atomic E-state index is 0.654. The van der Waals surface area contributed by atoms with Crippen molar-refractivity contribution in [2.75, 3.05) is 5.32 Å². The number of benzene rings is 1. The van der Waals surface area contributed by atoms with E-state index in [1.54, 1.807) is 6.20 Å². The molecule has 0 spiro atoms. The molecule has 3 heterocycles. The van der Waals surface area contributed by atoms with Crippen molar-refractivity contribution < 1.29 is 2.74 Å². The first-order chi connectivity index (χ1) is 11.4. The lowest BCUT2D eigenvalue weighted by atomic mass is 10.2. The number of pyridine rings is 1. The smallest absolute Gasteiger partial charge is 0.178 e. The molecule has 22 heavy (non-hydrogen) atoms. The minimum atomic E-state index is -1.55. The van der Waals surface area contributed by atoms with Gasteiger partial charge in [0.1, 0.15) is 5.52 Å². The third kappa shape index (κ3) is 1.92. The number of fused-ring (bicyclic) bond motifs is 2. The number of hydrogen-bond donors (Lipinski definition) is 2. The van der Waals surface area contributed by atoms with Gasteiger partial charge in [-0.1, -0.05) is 0 Å². The van der Waals surface area contributed by atoms with Crippen molar-refractivity contribution in [2.24, 2.45) is 0 Å². The van der Waals surface area contributed by atoms with Crippen LogP contribution in [0.15, 0.2) is 36.5 Å². The van der Waals surface area contributed by atoms with E-state index in [4.69, 9.17) is 2.74 Å². The summed E-state index contributed by atoms with van der Waals surface area (Å²) >= 11 is 0. The van der Waals surface area contributed by atoms with Crippen LogP contribution in [0.25, 0.3) is 21.9 Å². The molecule has 0 bridgehead atoms. The standard InChI is InChI=1S/C16H16N6/c1-3-22-14-7-6-11(9-12(14)10(2)21-22)18-16-15-13(19-20-16)5-4-8-17-15/h4-9H,3H2,1-2H3,(H2,18,19,20)/i3D2. The molecular weight excluding hydrogens is 276 g/mol. The van der Waals surface area contributed by atoms with Gasteiger partial charge in [0.2, 0.25) is 0 Å². The van der Waals surface area contributed by atoms with Crippen molar-refractivity contribution in [3.63, 3.8) is 0 Å². The second-order valence-corrected chi connectivity index (χ2v) is 5.05. The quantitative estimate of drug-likeness (QED) is 0.607. The second kappa shape index (κ2) is 4.84. The lowest BCUT2D eigenvalue weighted by Gasteiger charge is -2.04. The van der Waals surface area contributed by atoms with E-state index in [0.717, 1.165) is 33.3 Å². The number of aryl methyl sites for hydroxylation is 2. The van der Waals surface area contributed by atoms with E-state index in [9.17, 15) is 0 Å². The molecule has 4 aromatic rings. The normalized spacial score (nSPS) is 13.4. The van der Waals surface area contributed by atoms with Crippen LogP contribution in [0.5, 0.6) is 0 Å². The molecule has 4 rings (SSSR count). The van der Waals surface area contributed by atoms with Crippen molar-refractivity contribution in [3.8, 4) is 0 Å². The zero-order chi connectivity index (χ0) is 16.9. The van der Waals surface area contributed by atoms with Gasteiger partial charge in [-0.3, -0.25) is 14.8 Å². The van der Waals surface area contributed by atoms with Gasteiger partial charge in [-0.25, -0.2) is 0 Å². The Balaban J connectivity index is 1.77. The lowest BCUT2D eigenvalue weighted by molar-refractivity contribution is 0.676. The third-order valence-electron chi connectivity index (χ3n) is 3.66. The Bertz CT molecular complexity index is 1040. The number of H-pyrrole nitrogens is 1. The van der Waals surface area contributed by atoms with Gasteiger partial charge >= 0.3 is 0 Å². The second-order valence-electron chi connectivity index (χ2n) is 5.05. The summed E-state index contributed by atoms with van der Waals surface area (Å²) < 4.78 is 17.2. The first-order valence-corrected chi connectivity index (χ1v) is 6.99. The summed E-state index contributed by atoms with van der Waals surface area (Å²) in [6.07, 6.45) is 1.73. The van der Waals surface area contributed by atoms with Crippen LogP contribution in [0.1, 0.15) is 15.4 Å². The molecule has 3 aromatic heterocycles. The SMILES string of the molecule is [2H]C([2H])(C)n1nc(C)c2cc(Nc3n[nH]c4cccnc34)ccc21. The van der Waals surface area contributed by atoms with Gasteiger partial charge in [-0.15, -0.1) is 0 Å². The summed E-state index contributed by atoms with van der Waals surface area (Å²) in [6, 6.07) is 9.47. The van der Waals surface area contributed by atoms with E-state index in [-0.39, 0.29) is 0 Å². The van der Waals surface area contributed by atoms with Crippen LogP contribution in [0, 0.1) is 6.92 Å². The zero-order valence-electron chi connectivity index (χ0n) is 14.3. The highest BCUT2D eigenvalue weighted by atomic mass is 15.3. The molecular formula is C16H16N6. The summed E-state index contributed by atoms with van der Waals surface area (Å²) in [6.45, 7) is 1.82. The molecule has 0 unspecified atom stereocenters. The molecule has 0 amide bonds. The fraction of sp³-hybridized carbons (Fsp3) is 0.188. The van der Waals surface area contributed by atoms with E-state index in [1.165, 1.54) is 11.6 Å². The van der Waals surface area contributed by atoms with Crippen LogP contribution in [-0.4, -0.2) is 25.0 Å². The average Bonchev–Trinajstić information content (AvgIpc) is 3.09. The topological polar surface area (TPSA) is 71.4 Å². The minimum Gasteiger partial charge on any atom is -0.337 e. The Morgan fingerprint density at radius 3 is 3.14 bits per heavy atom. The Morgan fingerprint density at radius 2 is 2.27 bits per heavy atom.